The standard InChI is InChI=1S/C30H34IN3O4S/c1-22-12-14-24(15-13-22)20-33(23(2)30(36)32-26-8-6-7-9-26)29(35)21-34(27-18-16-25(31)17-19-27)39(37,38)28-10-4-3-5-11-28/h3-5,10-19,23,26H,6-9,20-21H2,1-2H3,(H,32,36)/t23-/m0/s1. The fourth-order valence-electron chi connectivity index (χ4n) is 4.72. The van der Waals surface area contributed by atoms with Gasteiger partial charge in [-0.1, -0.05) is 60.9 Å². The van der Waals surface area contributed by atoms with Crippen LogP contribution in [0.25, 0.3) is 0 Å². The number of nitrogens with zero attached hydrogens (tertiary/aromatic N) is 2. The fraction of sp³-hybridized carbons (Fsp3) is 0.333. The van der Waals surface area contributed by atoms with Gasteiger partial charge in [0.05, 0.1) is 10.6 Å². The molecule has 1 atom stereocenters. The summed E-state index contributed by atoms with van der Waals surface area (Å²) in [5.41, 5.74) is 2.33. The number of anilines is 1. The molecule has 0 spiro atoms. The molecule has 7 nitrogen and oxygen atoms in total. The van der Waals surface area contributed by atoms with Crippen LogP contribution >= 0.6 is 22.6 Å². The summed E-state index contributed by atoms with van der Waals surface area (Å²) < 4.78 is 29.6. The monoisotopic (exact) mass is 659 g/mol. The van der Waals surface area contributed by atoms with Crippen molar-refractivity contribution in [1.82, 2.24) is 10.2 Å². The van der Waals surface area contributed by atoms with Crippen molar-refractivity contribution in [2.24, 2.45) is 0 Å². The minimum atomic E-state index is -4.06. The quantitative estimate of drug-likeness (QED) is 0.301. The van der Waals surface area contributed by atoms with Crippen LogP contribution in [0.1, 0.15) is 43.7 Å². The lowest BCUT2D eigenvalue weighted by molar-refractivity contribution is -0.139. The van der Waals surface area contributed by atoms with Crippen LogP contribution in [0.5, 0.6) is 0 Å². The van der Waals surface area contributed by atoms with Crippen LogP contribution in [-0.4, -0.2) is 43.8 Å². The van der Waals surface area contributed by atoms with Gasteiger partial charge in [-0.2, -0.15) is 0 Å². The SMILES string of the molecule is Cc1ccc(CN(C(=O)CN(c2ccc(I)cc2)S(=O)(=O)c2ccccc2)[C@@H](C)C(=O)NC2CCCC2)cc1. The number of halogens is 1. The van der Waals surface area contributed by atoms with E-state index in [1.807, 2.05) is 31.2 Å². The van der Waals surface area contributed by atoms with Gasteiger partial charge in [-0.3, -0.25) is 13.9 Å². The van der Waals surface area contributed by atoms with Crippen LogP contribution in [0.3, 0.4) is 0 Å². The van der Waals surface area contributed by atoms with Crippen molar-refractivity contribution in [3.05, 3.63) is 93.6 Å². The molecule has 206 valence electrons. The number of carbonyl (C=O) groups is 2. The smallest absolute Gasteiger partial charge is 0.264 e. The number of benzene rings is 3. The lowest BCUT2D eigenvalue weighted by Crippen LogP contribution is -2.52. The molecule has 0 bridgehead atoms. The maximum atomic E-state index is 14.0. The molecule has 0 unspecified atom stereocenters. The topological polar surface area (TPSA) is 86.8 Å². The number of sulfonamides is 1. The normalized spacial score (nSPS) is 14.5. The highest BCUT2D eigenvalue weighted by Crippen LogP contribution is 2.25. The Morgan fingerprint density at radius 3 is 2.18 bits per heavy atom. The Kier molecular flexibility index (Phi) is 9.66. The van der Waals surface area contributed by atoms with Crippen molar-refractivity contribution < 1.29 is 18.0 Å². The number of nitrogens with one attached hydrogen (secondary N) is 1. The van der Waals surface area contributed by atoms with Gasteiger partial charge >= 0.3 is 0 Å². The average Bonchev–Trinajstić information content (AvgIpc) is 3.45. The maximum Gasteiger partial charge on any atom is 0.264 e. The van der Waals surface area contributed by atoms with E-state index in [0.717, 1.165) is 44.7 Å². The van der Waals surface area contributed by atoms with Gasteiger partial charge in [-0.05, 0) is 91.2 Å². The Balaban J connectivity index is 1.66. The van der Waals surface area contributed by atoms with Gasteiger partial charge in [0.15, 0.2) is 0 Å². The van der Waals surface area contributed by atoms with E-state index in [1.165, 1.54) is 17.0 Å². The molecule has 0 aromatic heterocycles. The first-order chi connectivity index (χ1) is 18.6. The van der Waals surface area contributed by atoms with Crippen LogP contribution < -0.4 is 9.62 Å². The first-order valence-electron chi connectivity index (χ1n) is 13.1. The van der Waals surface area contributed by atoms with Gasteiger partial charge in [0.25, 0.3) is 10.0 Å². The summed E-state index contributed by atoms with van der Waals surface area (Å²) in [5.74, 6) is -0.684. The molecule has 1 N–H and O–H groups in total. The second-order valence-corrected chi connectivity index (χ2v) is 13.1. The van der Waals surface area contributed by atoms with Crippen molar-refractivity contribution >= 4 is 50.1 Å². The number of aryl methyl sites for hydroxylation is 1. The van der Waals surface area contributed by atoms with E-state index in [0.29, 0.717) is 5.69 Å². The Bertz CT molecular complexity index is 1370. The van der Waals surface area contributed by atoms with E-state index in [-0.39, 0.29) is 23.4 Å². The summed E-state index contributed by atoms with van der Waals surface area (Å²) >= 11 is 2.15. The van der Waals surface area contributed by atoms with Crippen molar-refractivity contribution in [2.75, 3.05) is 10.8 Å². The van der Waals surface area contributed by atoms with Gasteiger partial charge in [0.1, 0.15) is 12.6 Å². The zero-order valence-corrected chi connectivity index (χ0v) is 25.2. The molecule has 0 saturated heterocycles. The number of carbonyl (C=O) groups excluding carboxylic acids is 2. The van der Waals surface area contributed by atoms with E-state index in [1.54, 1.807) is 49.4 Å². The van der Waals surface area contributed by atoms with Gasteiger partial charge in [-0.15, -0.1) is 0 Å². The summed E-state index contributed by atoms with van der Waals surface area (Å²) in [6, 6.07) is 22.2. The summed E-state index contributed by atoms with van der Waals surface area (Å²) in [5, 5.41) is 3.09. The van der Waals surface area contributed by atoms with Gasteiger partial charge < -0.3 is 10.2 Å². The number of hydrogen-bond donors (Lipinski definition) is 1. The molecule has 1 fully saturated rings. The first kappa shape index (κ1) is 29.1. The lowest BCUT2D eigenvalue weighted by atomic mass is 10.1. The third-order valence-corrected chi connectivity index (χ3v) is 9.57. The number of hydrogen-bond acceptors (Lipinski definition) is 4. The molecule has 4 rings (SSSR count). The van der Waals surface area contributed by atoms with E-state index < -0.39 is 28.5 Å². The van der Waals surface area contributed by atoms with E-state index in [2.05, 4.69) is 27.9 Å². The van der Waals surface area contributed by atoms with Crippen LogP contribution in [0.2, 0.25) is 0 Å². The minimum absolute atomic E-state index is 0.0912. The van der Waals surface area contributed by atoms with Crippen LogP contribution in [0.4, 0.5) is 5.69 Å². The predicted octanol–water partition coefficient (Wildman–Crippen LogP) is 5.27. The molecule has 1 aliphatic carbocycles. The summed E-state index contributed by atoms with van der Waals surface area (Å²) in [6.07, 6.45) is 4.02. The first-order valence-corrected chi connectivity index (χ1v) is 15.7. The molecule has 0 radical (unpaired) electrons. The highest BCUT2D eigenvalue weighted by Gasteiger charge is 2.33. The summed E-state index contributed by atoms with van der Waals surface area (Å²) in [4.78, 5) is 28.8. The Morgan fingerprint density at radius 2 is 1.56 bits per heavy atom. The molecule has 1 aliphatic rings. The fourth-order valence-corrected chi connectivity index (χ4v) is 6.52. The molecule has 9 heteroatoms. The zero-order valence-electron chi connectivity index (χ0n) is 22.2. The highest BCUT2D eigenvalue weighted by atomic mass is 127. The lowest BCUT2D eigenvalue weighted by Gasteiger charge is -2.32. The third kappa shape index (κ3) is 7.39. The molecule has 39 heavy (non-hydrogen) atoms. The van der Waals surface area contributed by atoms with Crippen LogP contribution in [0, 0.1) is 10.5 Å². The zero-order chi connectivity index (χ0) is 28.0. The molecular formula is C30H34IN3O4S. The molecule has 3 aromatic carbocycles. The van der Waals surface area contributed by atoms with Gasteiger partial charge in [0.2, 0.25) is 11.8 Å². The number of rotatable bonds is 10. The Labute approximate surface area is 244 Å². The summed E-state index contributed by atoms with van der Waals surface area (Å²) in [7, 11) is -4.06. The van der Waals surface area contributed by atoms with E-state index in [9.17, 15) is 18.0 Å². The second-order valence-electron chi connectivity index (χ2n) is 9.97. The molecule has 2 amide bonds. The largest absolute Gasteiger partial charge is 0.352 e. The molecular weight excluding hydrogens is 625 g/mol. The van der Waals surface area contributed by atoms with Crippen molar-refractivity contribution in [2.45, 2.75) is 63.1 Å². The van der Waals surface area contributed by atoms with Crippen molar-refractivity contribution in [1.29, 1.82) is 0 Å². The van der Waals surface area contributed by atoms with Crippen LogP contribution in [0.15, 0.2) is 83.8 Å². The van der Waals surface area contributed by atoms with E-state index in [4.69, 9.17) is 0 Å². The number of amides is 2. The maximum absolute atomic E-state index is 14.0. The molecule has 0 heterocycles. The Morgan fingerprint density at radius 1 is 0.949 bits per heavy atom. The third-order valence-electron chi connectivity index (χ3n) is 7.07. The van der Waals surface area contributed by atoms with E-state index >= 15 is 0 Å². The van der Waals surface area contributed by atoms with Crippen molar-refractivity contribution in [3.8, 4) is 0 Å². The summed E-state index contributed by atoms with van der Waals surface area (Å²) in [6.45, 7) is 3.43. The minimum Gasteiger partial charge on any atom is -0.352 e. The van der Waals surface area contributed by atoms with Crippen LogP contribution in [-0.2, 0) is 26.2 Å². The molecule has 3 aromatic rings. The molecule has 0 aliphatic heterocycles. The molecule has 1 saturated carbocycles. The van der Waals surface area contributed by atoms with Crippen molar-refractivity contribution in [3.63, 3.8) is 0 Å². The van der Waals surface area contributed by atoms with Gasteiger partial charge in [-0.25, -0.2) is 8.42 Å². The average molecular weight is 660 g/mol. The Hall–Kier alpha value is -2.92. The van der Waals surface area contributed by atoms with Gasteiger partial charge in [0, 0.05) is 16.2 Å². The predicted molar refractivity (Wildman–Crippen MR) is 162 cm³/mol. The second kappa shape index (κ2) is 13.0. The highest BCUT2D eigenvalue weighted by molar-refractivity contribution is 14.1.